The molecule has 27 heavy (non-hydrogen) atoms. The van der Waals surface area contributed by atoms with Crippen LogP contribution in [0.2, 0.25) is 0 Å². The van der Waals surface area contributed by atoms with E-state index in [0.29, 0.717) is 11.4 Å². The van der Waals surface area contributed by atoms with Crippen molar-refractivity contribution in [2.75, 3.05) is 6.54 Å². The molecule has 0 spiro atoms. The summed E-state index contributed by atoms with van der Waals surface area (Å²) >= 11 is 0. The average molecular weight is 386 g/mol. The monoisotopic (exact) mass is 386 g/mol. The normalized spacial score (nSPS) is 16.0. The summed E-state index contributed by atoms with van der Waals surface area (Å²) in [5.41, 5.74) is 4.12. The van der Waals surface area contributed by atoms with Crippen LogP contribution in [0.15, 0.2) is 41.4 Å². The summed E-state index contributed by atoms with van der Waals surface area (Å²) in [6.45, 7) is 5.92. The smallest absolute Gasteiger partial charge is 0.241 e. The van der Waals surface area contributed by atoms with Gasteiger partial charge in [0.25, 0.3) is 0 Å². The molecular formula is C21H23FN2O2S. The Morgan fingerprint density at radius 2 is 1.78 bits per heavy atom. The topological polar surface area (TPSA) is 62.0 Å². The number of benzene rings is 2. The quantitative estimate of drug-likeness (QED) is 0.689. The molecule has 1 heterocycles. The SMILES string of the molecule is Cc1cc(C)c(S(=O)(=O)NCC2(c3c[nH]c4ccc(F)cc34)CC2)c(C)c1. The Bertz CT molecular complexity index is 1120. The van der Waals surface area contributed by atoms with Gasteiger partial charge >= 0.3 is 0 Å². The number of sulfonamides is 1. The molecule has 1 fully saturated rings. The minimum Gasteiger partial charge on any atom is -0.361 e. The zero-order valence-corrected chi connectivity index (χ0v) is 16.5. The lowest BCUT2D eigenvalue weighted by atomic mass is 9.96. The standard InChI is InChI=1S/C21H23FN2O2S/c1-13-8-14(2)20(15(3)9-13)27(25,26)24-12-21(6-7-21)18-11-23-19-5-4-16(22)10-17(18)19/h4-5,8-11,23-24H,6-7,12H2,1-3H3. The highest BCUT2D eigenvalue weighted by molar-refractivity contribution is 7.89. The highest BCUT2D eigenvalue weighted by Crippen LogP contribution is 2.50. The fourth-order valence-electron chi connectivity index (χ4n) is 4.12. The number of H-pyrrole nitrogens is 1. The van der Waals surface area contributed by atoms with Crippen molar-refractivity contribution in [2.24, 2.45) is 0 Å². The van der Waals surface area contributed by atoms with Crippen molar-refractivity contribution in [1.82, 2.24) is 9.71 Å². The molecule has 1 saturated carbocycles. The molecule has 0 aliphatic heterocycles. The van der Waals surface area contributed by atoms with Gasteiger partial charge in [0.1, 0.15) is 5.82 Å². The van der Waals surface area contributed by atoms with Crippen LogP contribution < -0.4 is 4.72 Å². The highest BCUT2D eigenvalue weighted by atomic mass is 32.2. The second-order valence-corrected chi connectivity index (χ2v) is 9.43. The van der Waals surface area contributed by atoms with Gasteiger partial charge in [-0.1, -0.05) is 17.7 Å². The first kappa shape index (κ1) is 18.2. The Kier molecular flexibility index (Phi) is 4.16. The van der Waals surface area contributed by atoms with E-state index in [4.69, 9.17) is 0 Å². The van der Waals surface area contributed by atoms with Crippen molar-refractivity contribution in [3.63, 3.8) is 0 Å². The Balaban J connectivity index is 1.64. The van der Waals surface area contributed by atoms with Crippen molar-refractivity contribution in [1.29, 1.82) is 0 Å². The highest BCUT2D eigenvalue weighted by Gasteiger charge is 2.46. The number of hydrogen-bond donors (Lipinski definition) is 2. The van der Waals surface area contributed by atoms with E-state index >= 15 is 0 Å². The maximum atomic E-state index is 13.7. The second kappa shape index (κ2) is 6.17. The van der Waals surface area contributed by atoms with Crippen molar-refractivity contribution >= 4 is 20.9 Å². The average Bonchev–Trinajstić information content (AvgIpc) is 3.24. The molecule has 6 heteroatoms. The number of halogens is 1. The van der Waals surface area contributed by atoms with Crippen molar-refractivity contribution in [3.05, 3.63) is 64.6 Å². The third kappa shape index (κ3) is 3.17. The number of aryl methyl sites for hydroxylation is 3. The van der Waals surface area contributed by atoms with E-state index in [1.807, 2.05) is 39.1 Å². The summed E-state index contributed by atoms with van der Waals surface area (Å²) in [5, 5.41) is 0.828. The van der Waals surface area contributed by atoms with Crippen LogP contribution in [0.5, 0.6) is 0 Å². The molecule has 2 aromatic carbocycles. The predicted molar refractivity (Wildman–Crippen MR) is 105 cm³/mol. The second-order valence-electron chi connectivity index (χ2n) is 7.72. The van der Waals surface area contributed by atoms with E-state index < -0.39 is 10.0 Å². The minimum atomic E-state index is -3.62. The molecule has 2 N–H and O–H groups in total. The van der Waals surface area contributed by atoms with Crippen LogP contribution in [0.3, 0.4) is 0 Å². The first-order valence-electron chi connectivity index (χ1n) is 9.06. The van der Waals surface area contributed by atoms with Crippen LogP contribution in [-0.4, -0.2) is 19.9 Å². The van der Waals surface area contributed by atoms with Gasteiger partial charge in [-0.05, 0) is 68.5 Å². The van der Waals surface area contributed by atoms with Gasteiger partial charge in [-0.25, -0.2) is 17.5 Å². The molecule has 0 amide bonds. The van der Waals surface area contributed by atoms with Crippen molar-refractivity contribution < 1.29 is 12.8 Å². The first-order chi connectivity index (χ1) is 12.7. The molecule has 0 atom stereocenters. The number of nitrogens with one attached hydrogen (secondary N) is 2. The fraction of sp³-hybridized carbons (Fsp3) is 0.333. The molecule has 4 nitrogen and oxygen atoms in total. The zero-order valence-electron chi connectivity index (χ0n) is 15.7. The number of aromatic amines is 1. The van der Waals surface area contributed by atoms with Gasteiger partial charge < -0.3 is 4.98 Å². The molecule has 142 valence electrons. The molecule has 0 radical (unpaired) electrons. The molecular weight excluding hydrogens is 363 g/mol. The molecule has 0 bridgehead atoms. The zero-order chi connectivity index (χ0) is 19.4. The largest absolute Gasteiger partial charge is 0.361 e. The number of hydrogen-bond acceptors (Lipinski definition) is 2. The number of aromatic nitrogens is 1. The molecule has 1 aliphatic rings. The van der Waals surface area contributed by atoms with Gasteiger partial charge in [0.05, 0.1) is 4.90 Å². The van der Waals surface area contributed by atoms with Crippen LogP contribution in [0.1, 0.15) is 35.1 Å². The van der Waals surface area contributed by atoms with Crippen LogP contribution in [0.25, 0.3) is 10.9 Å². The Labute approximate surface area is 158 Å². The van der Waals surface area contributed by atoms with Gasteiger partial charge in [0.2, 0.25) is 10.0 Å². The van der Waals surface area contributed by atoms with Gasteiger partial charge in [-0.3, -0.25) is 0 Å². The van der Waals surface area contributed by atoms with Gasteiger partial charge in [0, 0.05) is 29.1 Å². The first-order valence-corrected chi connectivity index (χ1v) is 10.5. The summed E-state index contributed by atoms with van der Waals surface area (Å²) in [6.07, 6.45) is 3.64. The Morgan fingerprint density at radius 1 is 1.11 bits per heavy atom. The lowest BCUT2D eigenvalue weighted by Gasteiger charge is -2.18. The third-order valence-electron chi connectivity index (χ3n) is 5.54. The van der Waals surface area contributed by atoms with E-state index in [-0.39, 0.29) is 11.2 Å². The van der Waals surface area contributed by atoms with Crippen LogP contribution in [-0.2, 0) is 15.4 Å². The predicted octanol–water partition coefficient (Wildman–Crippen LogP) is 4.24. The van der Waals surface area contributed by atoms with E-state index in [1.54, 1.807) is 6.07 Å². The Hall–Kier alpha value is -2.18. The molecule has 0 unspecified atom stereocenters. The molecule has 0 saturated heterocycles. The van der Waals surface area contributed by atoms with Gasteiger partial charge in [0.15, 0.2) is 0 Å². The van der Waals surface area contributed by atoms with E-state index in [2.05, 4.69) is 9.71 Å². The fourth-order valence-corrected chi connectivity index (χ4v) is 5.70. The van der Waals surface area contributed by atoms with Crippen molar-refractivity contribution in [2.45, 2.75) is 43.9 Å². The maximum absolute atomic E-state index is 13.7. The lowest BCUT2D eigenvalue weighted by Crippen LogP contribution is -2.33. The van der Waals surface area contributed by atoms with Crippen LogP contribution >= 0.6 is 0 Å². The molecule has 3 aromatic rings. The van der Waals surface area contributed by atoms with Crippen LogP contribution in [0.4, 0.5) is 4.39 Å². The van der Waals surface area contributed by atoms with Crippen molar-refractivity contribution in [3.8, 4) is 0 Å². The summed E-state index contributed by atoms with van der Waals surface area (Å²) < 4.78 is 42.4. The maximum Gasteiger partial charge on any atom is 0.241 e. The van der Waals surface area contributed by atoms with E-state index in [9.17, 15) is 12.8 Å². The minimum absolute atomic E-state index is 0.272. The van der Waals surface area contributed by atoms with Gasteiger partial charge in [-0.15, -0.1) is 0 Å². The molecule has 1 aliphatic carbocycles. The van der Waals surface area contributed by atoms with Crippen LogP contribution in [0, 0.1) is 26.6 Å². The van der Waals surface area contributed by atoms with E-state index in [0.717, 1.165) is 46.0 Å². The third-order valence-corrected chi connectivity index (χ3v) is 7.25. The summed E-state index contributed by atoms with van der Waals surface area (Å²) in [7, 11) is -3.62. The number of rotatable bonds is 5. The van der Waals surface area contributed by atoms with E-state index in [1.165, 1.54) is 12.1 Å². The lowest BCUT2D eigenvalue weighted by molar-refractivity contribution is 0.566. The summed E-state index contributed by atoms with van der Waals surface area (Å²) in [4.78, 5) is 3.53. The summed E-state index contributed by atoms with van der Waals surface area (Å²) in [5.74, 6) is -0.286. The molecule has 1 aromatic heterocycles. The van der Waals surface area contributed by atoms with Gasteiger partial charge in [-0.2, -0.15) is 0 Å². The molecule has 4 rings (SSSR count). The number of fused-ring (bicyclic) bond motifs is 1. The summed E-state index contributed by atoms with van der Waals surface area (Å²) in [6, 6.07) is 8.43. The Morgan fingerprint density at radius 3 is 2.41 bits per heavy atom.